The van der Waals surface area contributed by atoms with Crippen molar-refractivity contribution in [2.45, 2.75) is 0 Å². The molecule has 1 aliphatic heterocycles. The van der Waals surface area contributed by atoms with E-state index in [1.165, 1.54) is 6.07 Å². The maximum Gasteiger partial charge on any atom is 0.178 e. The van der Waals surface area contributed by atoms with E-state index in [9.17, 15) is 5.11 Å². The average Bonchev–Trinajstić information content (AvgIpc) is 3.06. The number of fused-ring (bicyclic) bond motifs is 1. The smallest absolute Gasteiger partial charge is 0.178 e. The van der Waals surface area contributed by atoms with E-state index in [-0.39, 0.29) is 5.75 Å². The highest BCUT2D eigenvalue weighted by Gasteiger charge is 2.19. The van der Waals surface area contributed by atoms with Crippen LogP contribution in [0.15, 0.2) is 47.1 Å². The molecule has 4 rings (SSSR count). The highest BCUT2D eigenvalue weighted by molar-refractivity contribution is 6.31. The lowest BCUT2D eigenvalue weighted by atomic mass is 10.0. The molecule has 116 valence electrons. The van der Waals surface area contributed by atoms with Gasteiger partial charge in [0.15, 0.2) is 17.3 Å². The molecule has 0 atom stereocenters. The maximum atomic E-state index is 10.1. The number of ether oxygens (including phenoxy) is 2. The predicted molar refractivity (Wildman–Crippen MR) is 85.0 cm³/mol. The van der Waals surface area contributed by atoms with Gasteiger partial charge in [0.1, 0.15) is 19.0 Å². The summed E-state index contributed by atoms with van der Waals surface area (Å²) in [5, 5.41) is 14.4. The van der Waals surface area contributed by atoms with Crippen LogP contribution in [0.4, 0.5) is 0 Å². The summed E-state index contributed by atoms with van der Waals surface area (Å²) < 4.78 is 16.5. The third kappa shape index (κ3) is 2.49. The third-order valence-corrected chi connectivity index (χ3v) is 3.86. The van der Waals surface area contributed by atoms with Crippen molar-refractivity contribution < 1.29 is 19.1 Å². The Balaban J connectivity index is 1.82. The molecule has 2 heterocycles. The zero-order chi connectivity index (χ0) is 15.8. The van der Waals surface area contributed by atoms with E-state index in [1.807, 2.05) is 18.2 Å². The number of halogens is 1. The SMILES string of the molecule is Oc1ccc(Cl)cc1-c1oncc1-c1ccc2c(c1)OCCO2. The summed E-state index contributed by atoms with van der Waals surface area (Å²) in [7, 11) is 0. The van der Waals surface area contributed by atoms with E-state index in [2.05, 4.69) is 5.16 Å². The first-order chi connectivity index (χ1) is 11.2. The average molecular weight is 330 g/mol. The molecule has 0 amide bonds. The second-order valence-electron chi connectivity index (χ2n) is 5.09. The molecule has 1 N–H and O–H groups in total. The standard InChI is InChI=1S/C17H12ClNO4/c18-11-2-3-14(20)12(8-11)17-13(9-19-23-17)10-1-4-15-16(7-10)22-6-5-21-15/h1-4,7-9,20H,5-6H2. The van der Waals surface area contributed by atoms with Crippen molar-refractivity contribution in [3.63, 3.8) is 0 Å². The van der Waals surface area contributed by atoms with Crippen LogP contribution in [0.5, 0.6) is 17.2 Å². The summed E-state index contributed by atoms with van der Waals surface area (Å²) in [6.45, 7) is 1.06. The fraction of sp³-hybridized carbons (Fsp3) is 0.118. The molecule has 3 aromatic rings. The lowest BCUT2D eigenvalue weighted by Crippen LogP contribution is -2.15. The van der Waals surface area contributed by atoms with E-state index >= 15 is 0 Å². The van der Waals surface area contributed by atoms with Gasteiger partial charge in [-0.3, -0.25) is 0 Å². The number of aromatic hydroxyl groups is 1. The van der Waals surface area contributed by atoms with Crippen LogP contribution < -0.4 is 9.47 Å². The van der Waals surface area contributed by atoms with Gasteiger partial charge in [0.25, 0.3) is 0 Å². The molecule has 0 bridgehead atoms. The molecule has 0 saturated heterocycles. The van der Waals surface area contributed by atoms with Crippen LogP contribution >= 0.6 is 11.6 Å². The molecule has 1 aromatic heterocycles. The van der Waals surface area contributed by atoms with Crippen LogP contribution in [0.2, 0.25) is 5.02 Å². The molecular formula is C17H12ClNO4. The predicted octanol–water partition coefficient (Wildman–Crippen LogP) is 4.14. The van der Waals surface area contributed by atoms with E-state index in [0.717, 1.165) is 11.1 Å². The molecule has 0 radical (unpaired) electrons. The first-order valence-electron chi connectivity index (χ1n) is 7.06. The second-order valence-corrected chi connectivity index (χ2v) is 5.52. The zero-order valence-electron chi connectivity index (χ0n) is 12.0. The van der Waals surface area contributed by atoms with Crippen LogP contribution in [0.3, 0.4) is 0 Å². The molecule has 6 heteroatoms. The minimum Gasteiger partial charge on any atom is -0.507 e. The monoisotopic (exact) mass is 329 g/mol. The van der Waals surface area contributed by atoms with Gasteiger partial charge in [-0.05, 0) is 35.9 Å². The maximum absolute atomic E-state index is 10.1. The number of hydrogen-bond donors (Lipinski definition) is 1. The van der Waals surface area contributed by atoms with Gasteiger partial charge in [-0.15, -0.1) is 0 Å². The second kappa shape index (κ2) is 5.52. The van der Waals surface area contributed by atoms with Gasteiger partial charge in [0.2, 0.25) is 0 Å². The molecule has 5 nitrogen and oxygen atoms in total. The summed E-state index contributed by atoms with van der Waals surface area (Å²) in [4.78, 5) is 0. The fourth-order valence-electron chi connectivity index (χ4n) is 2.54. The lowest BCUT2D eigenvalue weighted by molar-refractivity contribution is 0.171. The number of nitrogens with zero attached hydrogens (tertiary/aromatic N) is 1. The van der Waals surface area contributed by atoms with Gasteiger partial charge in [-0.1, -0.05) is 22.8 Å². The number of hydrogen-bond acceptors (Lipinski definition) is 5. The van der Waals surface area contributed by atoms with E-state index in [1.54, 1.807) is 18.3 Å². The van der Waals surface area contributed by atoms with Crippen molar-refractivity contribution in [3.8, 4) is 39.7 Å². The Hall–Kier alpha value is -2.66. The Bertz CT molecular complexity index is 875. The minimum atomic E-state index is 0.0740. The number of rotatable bonds is 2. The largest absolute Gasteiger partial charge is 0.507 e. The van der Waals surface area contributed by atoms with Crippen molar-refractivity contribution in [1.82, 2.24) is 5.16 Å². The van der Waals surface area contributed by atoms with E-state index in [0.29, 0.717) is 41.1 Å². The topological polar surface area (TPSA) is 64.7 Å². The van der Waals surface area contributed by atoms with Gasteiger partial charge in [-0.25, -0.2) is 0 Å². The molecule has 0 aliphatic carbocycles. The Morgan fingerprint density at radius 1 is 0.957 bits per heavy atom. The first-order valence-corrected chi connectivity index (χ1v) is 7.44. The minimum absolute atomic E-state index is 0.0740. The van der Waals surface area contributed by atoms with Crippen LogP contribution in [0.1, 0.15) is 0 Å². The zero-order valence-corrected chi connectivity index (χ0v) is 12.7. The molecule has 0 spiro atoms. The number of phenolic OH excluding ortho intramolecular Hbond substituents is 1. The molecule has 2 aromatic carbocycles. The third-order valence-electron chi connectivity index (χ3n) is 3.63. The van der Waals surface area contributed by atoms with Crippen LogP contribution in [-0.2, 0) is 0 Å². The summed E-state index contributed by atoms with van der Waals surface area (Å²) in [6, 6.07) is 10.4. The Morgan fingerprint density at radius 2 is 1.78 bits per heavy atom. The summed E-state index contributed by atoms with van der Waals surface area (Å²) in [6.07, 6.45) is 1.60. The molecule has 0 fully saturated rings. The Kier molecular flexibility index (Phi) is 3.35. The number of aromatic nitrogens is 1. The number of phenols is 1. The van der Waals surface area contributed by atoms with Crippen molar-refractivity contribution in [1.29, 1.82) is 0 Å². The van der Waals surface area contributed by atoms with Crippen LogP contribution in [0, 0.1) is 0 Å². The lowest BCUT2D eigenvalue weighted by Gasteiger charge is -2.18. The van der Waals surface area contributed by atoms with Crippen molar-refractivity contribution >= 4 is 11.6 Å². The Morgan fingerprint density at radius 3 is 2.65 bits per heavy atom. The van der Waals surface area contributed by atoms with Gasteiger partial charge in [0.05, 0.1) is 11.8 Å². The molecule has 23 heavy (non-hydrogen) atoms. The highest BCUT2D eigenvalue weighted by Crippen LogP contribution is 2.41. The molecule has 0 saturated carbocycles. The summed E-state index contributed by atoms with van der Waals surface area (Å²) in [5.74, 6) is 1.91. The van der Waals surface area contributed by atoms with Gasteiger partial charge in [0, 0.05) is 10.6 Å². The summed E-state index contributed by atoms with van der Waals surface area (Å²) >= 11 is 6.02. The van der Waals surface area contributed by atoms with Crippen molar-refractivity contribution in [2.24, 2.45) is 0 Å². The van der Waals surface area contributed by atoms with Crippen molar-refractivity contribution in [2.75, 3.05) is 13.2 Å². The quantitative estimate of drug-likeness (QED) is 0.765. The van der Waals surface area contributed by atoms with E-state index < -0.39 is 0 Å². The first kappa shape index (κ1) is 14.0. The van der Waals surface area contributed by atoms with Crippen LogP contribution in [-0.4, -0.2) is 23.5 Å². The normalized spacial score (nSPS) is 13.1. The van der Waals surface area contributed by atoms with Gasteiger partial charge in [-0.2, -0.15) is 0 Å². The van der Waals surface area contributed by atoms with Crippen LogP contribution in [0.25, 0.3) is 22.5 Å². The Labute approximate surface area is 137 Å². The molecular weight excluding hydrogens is 318 g/mol. The van der Waals surface area contributed by atoms with Crippen molar-refractivity contribution in [3.05, 3.63) is 47.6 Å². The van der Waals surface area contributed by atoms with Gasteiger partial charge < -0.3 is 19.1 Å². The number of benzene rings is 2. The van der Waals surface area contributed by atoms with Gasteiger partial charge >= 0.3 is 0 Å². The van der Waals surface area contributed by atoms with E-state index in [4.69, 9.17) is 25.6 Å². The molecule has 1 aliphatic rings. The fourth-order valence-corrected chi connectivity index (χ4v) is 2.71. The molecule has 0 unspecified atom stereocenters. The highest BCUT2D eigenvalue weighted by atomic mass is 35.5. The summed E-state index contributed by atoms with van der Waals surface area (Å²) in [5.41, 5.74) is 2.07.